The minimum Gasteiger partial charge on any atom is -0.346 e. The molecule has 0 atom stereocenters. The zero-order chi connectivity index (χ0) is 12.7. The first-order chi connectivity index (χ1) is 8.24. The van der Waals surface area contributed by atoms with Gasteiger partial charge in [-0.3, -0.25) is 0 Å². The van der Waals surface area contributed by atoms with Gasteiger partial charge >= 0.3 is 0 Å². The number of nitrogens with one attached hydrogen (secondary N) is 1. The summed E-state index contributed by atoms with van der Waals surface area (Å²) in [5.41, 5.74) is 2.37. The normalized spacial score (nSPS) is 10.0. The first-order valence-electron chi connectivity index (χ1n) is 6.08. The van der Waals surface area contributed by atoms with Crippen molar-refractivity contribution in [2.45, 2.75) is 26.8 Å². The van der Waals surface area contributed by atoms with E-state index in [2.05, 4.69) is 47.1 Å². The fraction of sp³-hybridized carbons (Fsp3) is 0.500. The molecular weight excluding hydrogens is 210 g/mol. The first-order valence-corrected chi connectivity index (χ1v) is 6.08. The van der Waals surface area contributed by atoms with E-state index in [1.54, 1.807) is 0 Å². The average molecular weight is 231 g/mol. The minimum atomic E-state index is 0.607. The molecule has 17 heavy (non-hydrogen) atoms. The van der Waals surface area contributed by atoms with Crippen LogP contribution in [0.5, 0.6) is 0 Å². The predicted octanol–water partition coefficient (Wildman–Crippen LogP) is 1.82. The van der Waals surface area contributed by atoms with Crippen LogP contribution in [0.1, 0.15) is 25.1 Å². The summed E-state index contributed by atoms with van der Waals surface area (Å²) >= 11 is 0. The number of nitrogens with zero attached hydrogens (tertiary/aromatic N) is 2. The molecule has 0 unspecified atom stereocenters. The van der Waals surface area contributed by atoms with Crippen molar-refractivity contribution in [1.29, 1.82) is 0 Å². The van der Waals surface area contributed by atoms with Crippen LogP contribution < -0.4 is 10.2 Å². The van der Waals surface area contributed by atoms with Crippen molar-refractivity contribution < 1.29 is 0 Å². The number of pyridine rings is 1. The van der Waals surface area contributed by atoms with E-state index in [1.807, 2.05) is 7.05 Å². The molecule has 0 aliphatic heterocycles. The Morgan fingerprint density at radius 2 is 2.18 bits per heavy atom. The SMILES string of the molecule is C#CCN(CC)c1cc(CNC)cc(CC)n1. The molecule has 0 aromatic carbocycles. The van der Waals surface area contributed by atoms with Gasteiger partial charge in [0, 0.05) is 18.8 Å². The summed E-state index contributed by atoms with van der Waals surface area (Å²) in [4.78, 5) is 6.74. The lowest BCUT2D eigenvalue weighted by atomic mass is 10.2. The number of hydrogen-bond acceptors (Lipinski definition) is 3. The number of terminal acetylenes is 1. The first kappa shape index (κ1) is 13.5. The zero-order valence-electron chi connectivity index (χ0n) is 11.0. The maximum absolute atomic E-state index is 5.38. The van der Waals surface area contributed by atoms with Gasteiger partial charge in [0.2, 0.25) is 0 Å². The Hall–Kier alpha value is -1.53. The van der Waals surface area contributed by atoms with E-state index < -0.39 is 0 Å². The molecule has 0 bridgehead atoms. The minimum absolute atomic E-state index is 0.607. The highest BCUT2D eigenvalue weighted by Gasteiger charge is 2.07. The van der Waals surface area contributed by atoms with Gasteiger partial charge in [-0.1, -0.05) is 12.8 Å². The van der Waals surface area contributed by atoms with Crippen molar-refractivity contribution >= 4 is 5.82 Å². The predicted molar refractivity (Wildman–Crippen MR) is 73.1 cm³/mol. The van der Waals surface area contributed by atoms with E-state index in [0.717, 1.165) is 31.0 Å². The number of anilines is 1. The molecule has 0 amide bonds. The standard InChI is InChI=1S/C14H21N3/c1-5-8-17(7-3)14-10-12(11-15-4)9-13(6-2)16-14/h1,9-10,15H,6-8,11H2,2-4H3. The monoisotopic (exact) mass is 231 g/mol. The van der Waals surface area contributed by atoms with Gasteiger partial charge in [-0.2, -0.15) is 0 Å². The summed E-state index contributed by atoms with van der Waals surface area (Å²) in [5.74, 6) is 3.66. The number of hydrogen-bond donors (Lipinski definition) is 1. The molecule has 0 spiro atoms. The quantitative estimate of drug-likeness (QED) is 0.757. The van der Waals surface area contributed by atoms with Crippen LogP contribution in [0.3, 0.4) is 0 Å². The maximum Gasteiger partial charge on any atom is 0.129 e. The van der Waals surface area contributed by atoms with E-state index in [0.29, 0.717) is 6.54 Å². The molecule has 1 aromatic rings. The third-order valence-corrected chi connectivity index (χ3v) is 2.66. The van der Waals surface area contributed by atoms with Gasteiger partial charge in [0.05, 0.1) is 6.54 Å². The van der Waals surface area contributed by atoms with Gasteiger partial charge < -0.3 is 10.2 Å². The molecule has 3 nitrogen and oxygen atoms in total. The largest absolute Gasteiger partial charge is 0.346 e. The second-order valence-electron chi connectivity index (χ2n) is 3.93. The second kappa shape index (κ2) is 6.93. The summed E-state index contributed by atoms with van der Waals surface area (Å²) in [6.45, 7) is 6.55. The fourth-order valence-corrected chi connectivity index (χ4v) is 1.75. The molecular formula is C14H21N3. The van der Waals surface area contributed by atoms with Crippen molar-refractivity contribution in [2.24, 2.45) is 0 Å². The fourth-order valence-electron chi connectivity index (χ4n) is 1.75. The Balaban J connectivity index is 3.04. The Bertz CT molecular complexity index is 393. The highest BCUT2D eigenvalue weighted by atomic mass is 15.2. The summed E-state index contributed by atoms with van der Waals surface area (Å²) in [7, 11) is 1.95. The maximum atomic E-state index is 5.38. The average Bonchev–Trinajstić information content (AvgIpc) is 2.35. The van der Waals surface area contributed by atoms with E-state index in [4.69, 9.17) is 6.42 Å². The van der Waals surface area contributed by atoms with Gasteiger partial charge in [0.1, 0.15) is 5.82 Å². The van der Waals surface area contributed by atoms with E-state index in [9.17, 15) is 0 Å². The second-order valence-corrected chi connectivity index (χ2v) is 3.93. The van der Waals surface area contributed by atoms with Gasteiger partial charge in [-0.15, -0.1) is 6.42 Å². The Morgan fingerprint density at radius 1 is 1.41 bits per heavy atom. The van der Waals surface area contributed by atoms with E-state index in [1.165, 1.54) is 5.56 Å². The summed E-state index contributed by atoms with van der Waals surface area (Å²) < 4.78 is 0. The van der Waals surface area contributed by atoms with Crippen LogP contribution in [0, 0.1) is 12.3 Å². The third kappa shape index (κ3) is 3.76. The van der Waals surface area contributed by atoms with Crippen LogP contribution >= 0.6 is 0 Å². The molecule has 0 fully saturated rings. The van der Waals surface area contributed by atoms with Crippen LogP contribution in [-0.4, -0.2) is 25.1 Å². The number of aromatic nitrogens is 1. The lowest BCUT2D eigenvalue weighted by Gasteiger charge is -2.20. The highest BCUT2D eigenvalue weighted by Crippen LogP contribution is 2.15. The summed E-state index contributed by atoms with van der Waals surface area (Å²) in [6.07, 6.45) is 6.32. The Kier molecular flexibility index (Phi) is 5.51. The highest BCUT2D eigenvalue weighted by molar-refractivity contribution is 5.44. The molecule has 0 saturated heterocycles. The van der Waals surface area contributed by atoms with Crippen molar-refractivity contribution in [3.63, 3.8) is 0 Å². The van der Waals surface area contributed by atoms with Crippen LogP contribution in [0.4, 0.5) is 5.82 Å². The summed E-state index contributed by atoms with van der Waals surface area (Å²) in [5, 5.41) is 3.16. The molecule has 1 N–H and O–H groups in total. The van der Waals surface area contributed by atoms with Crippen molar-refractivity contribution in [3.8, 4) is 12.3 Å². The van der Waals surface area contributed by atoms with Gasteiger partial charge in [0.25, 0.3) is 0 Å². The molecule has 3 heteroatoms. The van der Waals surface area contributed by atoms with Crippen LogP contribution in [0.2, 0.25) is 0 Å². The van der Waals surface area contributed by atoms with Crippen LogP contribution in [0.15, 0.2) is 12.1 Å². The molecule has 1 aromatic heterocycles. The van der Waals surface area contributed by atoms with E-state index >= 15 is 0 Å². The molecule has 0 radical (unpaired) electrons. The lowest BCUT2D eigenvalue weighted by molar-refractivity contribution is 0.804. The molecule has 0 aliphatic carbocycles. The number of aryl methyl sites for hydroxylation is 1. The van der Waals surface area contributed by atoms with E-state index in [-0.39, 0.29) is 0 Å². The smallest absolute Gasteiger partial charge is 0.129 e. The molecule has 1 heterocycles. The van der Waals surface area contributed by atoms with Gasteiger partial charge in [-0.05, 0) is 38.1 Å². The molecule has 1 rings (SSSR count). The van der Waals surface area contributed by atoms with Crippen LogP contribution in [-0.2, 0) is 13.0 Å². The molecule has 92 valence electrons. The van der Waals surface area contributed by atoms with Gasteiger partial charge in [-0.25, -0.2) is 4.98 Å². The lowest BCUT2D eigenvalue weighted by Crippen LogP contribution is -2.24. The van der Waals surface area contributed by atoms with Crippen molar-refractivity contribution in [2.75, 3.05) is 25.0 Å². The van der Waals surface area contributed by atoms with Crippen LogP contribution in [0.25, 0.3) is 0 Å². The molecule has 0 aliphatic rings. The van der Waals surface area contributed by atoms with Crippen molar-refractivity contribution in [3.05, 3.63) is 23.4 Å². The molecule has 0 saturated carbocycles. The number of rotatable bonds is 6. The van der Waals surface area contributed by atoms with Crippen molar-refractivity contribution in [1.82, 2.24) is 10.3 Å². The third-order valence-electron chi connectivity index (χ3n) is 2.66. The zero-order valence-corrected chi connectivity index (χ0v) is 11.0. The van der Waals surface area contributed by atoms with Gasteiger partial charge in [0.15, 0.2) is 0 Å². The Labute approximate surface area is 104 Å². The summed E-state index contributed by atoms with van der Waals surface area (Å²) in [6, 6.07) is 4.25. The topological polar surface area (TPSA) is 28.2 Å². The Morgan fingerprint density at radius 3 is 2.71 bits per heavy atom.